The molecule has 18 heavy (non-hydrogen) atoms. The number of Topliss-reactive ketones (excluding diaryl/α,β-unsaturated/α-hetero) is 2. The van der Waals surface area contributed by atoms with Crippen molar-refractivity contribution in [3.63, 3.8) is 0 Å². The highest BCUT2D eigenvalue weighted by atomic mass is 16.6. The molecule has 0 bridgehead atoms. The molecule has 2 aliphatic rings. The van der Waals surface area contributed by atoms with Gasteiger partial charge in [-0.3, -0.25) is 14.4 Å². The van der Waals surface area contributed by atoms with E-state index in [0.29, 0.717) is 6.42 Å². The molecule has 0 aromatic rings. The number of esters is 1. The fourth-order valence-corrected chi connectivity index (χ4v) is 3.28. The van der Waals surface area contributed by atoms with Crippen LogP contribution in [0.2, 0.25) is 0 Å². The Bertz CT molecular complexity index is 447. The van der Waals surface area contributed by atoms with Crippen molar-refractivity contribution >= 4 is 17.5 Å². The van der Waals surface area contributed by atoms with Crippen LogP contribution in [-0.2, 0) is 19.1 Å². The van der Waals surface area contributed by atoms with Gasteiger partial charge in [-0.25, -0.2) is 0 Å². The number of hydrogen-bond donors (Lipinski definition) is 0. The first-order chi connectivity index (χ1) is 8.00. The highest BCUT2D eigenvalue weighted by Gasteiger charge is 2.61. The summed E-state index contributed by atoms with van der Waals surface area (Å²) in [5, 5.41) is 0. The van der Waals surface area contributed by atoms with Gasteiger partial charge in [-0.1, -0.05) is 13.8 Å². The Morgan fingerprint density at radius 2 is 1.56 bits per heavy atom. The van der Waals surface area contributed by atoms with Crippen LogP contribution in [0.5, 0.6) is 0 Å². The third kappa shape index (κ3) is 1.70. The predicted molar refractivity (Wildman–Crippen MR) is 64.8 cm³/mol. The van der Waals surface area contributed by atoms with Gasteiger partial charge in [-0.15, -0.1) is 0 Å². The van der Waals surface area contributed by atoms with Crippen molar-refractivity contribution in [1.82, 2.24) is 0 Å². The molecule has 0 aromatic heterocycles. The van der Waals surface area contributed by atoms with Crippen molar-refractivity contribution in [1.29, 1.82) is 0 Å². The lowest BCUT2D eigenvalue weighted by Crippen LogP contribution is -2.42. The highest BCUT2D eigenvalue weighted by Crippen LogP contribution is 2.49. The second-order valence-corrected chi connectivity index (χ2v) is 7.09. The van der Waals surface area contributed by atoms with Gasteiger partial charge in [0.1, 0.15) is 17.3 Å². The van der Waals surface area contributed by atoms with Crippen LogP contribution in [0, 0.1) is 16.7 Å². The summed E-state index contributed by atoms with van der Waals surface area (Å²) in [6.07, 6.45) is 0.654. The van der Waals surface area contributed by atoms with Gasteiger partial charge >= 0.3 is 5.97 Å². The first kappa shape index (κ1) is 13.2. The zero-order valence-electron chi connectivity index (χ0n) is 11.6. The number of hydrogen-bond acceptors (Lipinski definition) is 4. The van der Waals surface area contributed by atoms with Crippen LogP contribution < -0.4 is 0 Å². The van der Waals surface area contributed by atoms with E-state index in [9.17, 15) is 14.4 Å². The van der Waals surface area contributed by atoms with E-state index < -0.39 is 22.3 Å². The molecule has 0 aromatic carbocycles. The molecular formula is C14H20O4. The maximum absolute atomic E-state index is 12.3. The highest BCUT2D eigenvalue weighted by molar-refractivity contribution is 6.13. The van der Waals surface area contributed by atoms with Crippen molar-refractivity contribution in [2.24, 2.45) is 16.7 Å². The molecule has 2 fully saturated rings. The summed E-state index contributed by atoms with van der Waals surface area (Å²) in [4.78, 5) is 36.2. The van der Waals surface area contributed by atoms with Crippen LogP contribution in [0.25, 0.3) is 0 Å². The van der Waals surface area contributed by atoms with Crippen LogP contribution in [-0.4, -0.2) is 23.1 Å². The normalized spacial score (nSPS) is 38.1. The van der Waals surface area contributed by atoms with Gasteiger partial charge in [0.2, 0.25) is 0 Å². The largest absolute Gasteiger partial charge is 0.458 e. The Balaban J connectivity index is 2.36. The number of ketones is 2. The summed E-state index contributed by atoms with van der Waals surface area (Å²) in [6.45, 7) is 8.84. The van der Waals surface area contributed by atoms with E-state index in [4.69, 9.17) is 4.74 Å². The minimum atomic E-state index is -0.970. The summed E-state index contributed by atoms with van der Waals surface area (Å²) < 4.78 is 5.40. The Kier molecular flexibility index (Phi) is 2.52. The third-order valence-corrected chi connectivity index (χ3v) is 4.15. The molecule has 4 heteroatoms. The van der Waals surface area contributed by atoms with Crippen molar-refractivity contribution in [2.45, 2.75) is 53.1 Å². The second kappa shape index (κ2) is 3.43. The maximum Gasteiger partial charge on any atom is 0.312 e. The van der Waals surface area contributed by atoms with Gasteiger partial charge in [-0.05, 0) is 20.8 Å². The molecule has 0 radical (unpaired) electrons. The van der Waals surface area contributed by atoms with Crippen LogP contribution in [0.3, 0.4) is 0 Å². The summed E-state index contributed by atoms with van der Waals surface area (Å²) in [6, 6.07) is 0. The third-order valence-electron chi connectivity index (χ3n) is 4.15. The molecule has 2 rings (SSSR count). The van der Waals surface area contributed by atoms with E-state index in [1.807, 2.05) is 0 Å². The molecule has 1 aliphatic heterocycles. The lowest BCUT2D eigenvalue weighted by Gasteiger charge is -2.29. The Morgan fingerprint density at radius 3 is 1.89 bits per heavy atom. The minimum Gasteiger partial charge on any atom is -0.458 e. The monoisotopic (exact) mass is 252 g/mol. The topological polar surface area (TPSA) is 60.4 Å². The average Bonchev–Trinajstić information content (AvgIpc) is 2.45. The lowest BCUT2D eigenvalue weighted by molar-refractivity contribution is -0.158. The molecule has 100 valence electrons. The molecule has 2 atom stereocenters. The van der Waals surface area contributed by atoms with E-state index in [0.717, 1.165) is 0 Å². The van der Waals surface area contributed by atoms with E-state index in [-0.39, 0.29) is 24.0 Å². The molecule has 0 amide bonds. The van der Waals surface area contributed by atoms with Crippen LogP contribution in [0.4, 0.5) is 0 Å². The summed E-state index contributed by atoms with van der Waals surface area (Å²) in [7, 11) is 0. The molecule has 1 aliphatic carbocycles. The fraction of sp³-hybridized carbons (Fsp3) is 0.786. The zero-order valence-corrected chi connectivity index (χ0v) is 11.6. The smallest absolute Gasteiger partial charge is 0.312 e. The maximum atomic E-state index is 12.3. The Hall–Kier alpha value is -1.19. The zero-order chi connectivity index (χ0) is 13.9. The van der Waals surface area contributed by atoms with E-state index >= 15 is 0 Å². The first-order valence-electron chi connectivity index (χ1n) is 6.30. The fourth-order valence-electron chi connectivity index (χ4n) is 3.28. The standard InChI is InChI=1S/C14H20O4/c1-12(2)6-8(15)9(10(12)16)14(5)7-13(3,4)11(17)18-14/h9H,6-7H2,1-5H3/t9-,14+/m0/s1. The molecule has 4 nitrogen and oxygen atoms in total. The van der Waals surface area contributed by atoms with Gasteiger partial charge in [-0.2, -0.15) is 0 Å². The quantitative estimate of drug-likeness (QED) is 0.528. The van der Waals surface area contributed by atoms with E-state index in [2.05, 4.69) is 0 Å². The second-order valence-electron chi connectivity index (χ2n) is 7.09. The predicted octanol–water partition coefficient (Wildman–Crippen LogP) is 1.90. The van der Waals surface area contributed by atoms with E-state index in [1.165, 1.54) is 0 Å². The molecule has 1 heterocycles. The van der Waals surface area contributed by atoms with Crippen molar-refractivity contribution < 1.29 is 19.1 Å². The molecule has 0 N–H and O–H groups in total. The average molecular weight is 252 g/mol. The van der Waals surface area contributed by atoms with Crippen molar-refractivity contribution in [3.8, 4) is 0 Å². The van der Waals surface area contributed by atoms with Gasteiger partial charge in [0.25, 0.3) is 0 Å². The molecule has 1 saturated carbocycles. The Labute approximate surface area is 107 Å². The molecule has 1 saturated heterocycles. The summed E-state index contributed by atoms with van der Waals surface area (Å²) in [5.41, 5.74) is -2.23. The SMILES string of the molecule is CC1(C)C[C@](C)([C@H]2C(=O)CC(C)(C)C2=O)OC1=O. The number of ether oxygens (including phenoxy) is 1. The van der Waals surface area contributed by atoms with Crippen LogP contribution in [0.1, 0.15) is 47.5 Å². The number of carbonyl (C=O) groups excluding carboxylic acids is 3. The Morgan fingerprint density at radius 1 is 1.00 bits per heavy atom. The molecular weight excluding hydrogens is 232 g/mol. The molecule has 0 unspecified atom stereocenters. The van der Waals surface area contributed by atoms with Gasteiger partial charge in [0, 0.05) is 18.3 Å². The lowest BCUT2D eigenvalue weighted by atomic mass is 9.75. The van der Waals surface area contributed by atoms with Crippen LogP contribution >= 0.6 is 0 Å². The number of rotatable bonds is 1. The first-order valence-corrected chi connectivity index (χ1v) is 6.30. The summed E-state index contributed by atoms with van der Waals surface area (Å²) in [5.74, 6) is -1.31. The van der Waals surface area contributed by atoms with Gasteiger partial charge in [0.15, 0.2) is 5.78 Å². The molecule has 0 spiro atoms. The number of carbonyl (C=O) groups is 3. The van der Waals surface area contributed by atoms with Crippen molar-refractivity contribution in [3.05, 3.63) is 0 Å². The van der Waals surface area contributed by atoms with Gasteiger partial charge in [0.05, 0.1) is 5.41 Å². The number of cyclic esters (lactones) is 1. The van der Waals surface area contributed by atoms with E-state index in [1.54, 1.807) is 34.6 Å². The van der Waals surface area contributed by atoms with Gasteiger partial charge < -0.3 is 4.74 Å². The minimum absolute atomic E-state index is 0.0968. The van der Waals surface area contributed by atoms with Crippen molar-refractivity contribution in [2.75, 3.05) is 0 Å². The van der Waals surface area contributed by atoms with Crippen LogP contribution in [0.15, 0.2) is 0 Å². The summed E-state index contributed by atoms with van der Waals surface area (Å²) >= 11 is 0.